The predicted molar refractivity (Wildman–Crippen MR) is 139 cm³/mol. The van der Waals surface area contributed by atoms with Crippen LogP contribution in [0.5, 0.6) is 0 Å². The van der Waals surface area contributed by atoms with Crippen LogP contribution < -0.4 is 0 Å². The van der Waals surface area contributed by atoms with Crippen molar-refractivity contribution in [1.29, 1.82) is 0 Å². The minimum atomic E-state index is -2.98. The van der Waals surface area contributed by atoms with E-state index in [0.29, 0.717) is 6.42 Å². The summed E-state index contributed by atoms with van der Waals surface area (Å²) in [5.41, 5.74) is 4.52. The molecule has 6 nitrogen and oxygen atoms in total. The number of rotatable bonds is 6. The largest absolute Gasteiger partial charge is 0.361 e. The van der Waals surface area contributed by atoms with Gasteiger partial charge >= 0.3 is 0 Å². The highest BCUT2D eigenvalue weighted by molar-refractivity contribution is 7.91. The second-order valence-electron chi connectivity index (χ2n) is 8.76. The zero-order valence-electron chi connectivity index (χ0n) is 19.7. The molecule has 0 aliphatic heterocycles. The maximum atomic E-state index is 12.0. The van der Waals surface area contributed by atoms with Crippen molar-refractivity contribution in [3.05, 3.63) is 91.3 Å². The summed E-state index contributed by atoms with van der Waals surface area (Å²) in [6.07, 6.45) is 11.9. The minimum absolute atomic E-state index is 0.216. The molecule has 1 N–H and O–H groups in total. The molecule has 0 fully saturated rings. The van der Waals surface area contributed by atoms with E-state index in [-0.39, 0.29) is 16.9 Å². The average molecular weight is 475 g/mol. The number of fused-ring (bicyclic) bond motifs is 2. The Bertz CT molecular complexity index is 1440. The Kier molecular flexibility index (Phi) is 7.12. The van der Waals surface area contributed by atoms with Crippen LogP contribution >= 0.6 is 0 Å². The van der Waals surface area contributed by atoms with E-state index in [4.69, 9.17) is 0 Å². The van der Waals surface area contributed by atoms with Crippen molar-refractivity contribution in [3.8, 4) is 5.69 Å². The monoisotopic (exact) mass is 474 g/mol. The molecule has 0 unspecified atom stereocenters. The first kappa shape index (κ1) is 23.7. The average Bonchev–Trinajstić information content (AvgIpc) is 3.50. The Morgan fingerprint density at radius 2 is 1.59 bits per heavy atom. The van der Waals surface area contributed by atoms with Gasteiger partial charge < -0.3 is 9.55 Å². The van der Waals surface area contributed by atoms with Gasteiger partial charge in [0.25, 0.3) is 0 Å². The van der Waals surface area contributed by atoms with Crippen molar-refractivity contribution in [2.24, 2.45) is 0 Å². The fourth-order valence-corrected chi connectivity index (χ4v) is 4.96. The van der Waals surface area contributed by atoms with E-state index < -0.39 is 9.84 Å². The van der Waals surface area contributed by atoms with Gasteiger partial charge in [-0.15, -0.1) is 0 Å². The van der Waals surface area contributed by atoms with Gasteiger partial charge in [-0.05, 0) is 68.1 Å². The Morgan fingerprint density at radius 1 is 0.882 bits per heavy atom. The van der Waals surface area contributed by atoms with Gasteiger partial charge in [0.05, 0.1) is 16.5 Å². The van der Waals surface area contributed by atoms with Crippen molar-refractivity contribution in [2.75, 3.05) is 5.75 Å². The summed E-state index contributed by atoms with van der Waals surface area (Å²) in [5.74, 6) is 0.455. The summed E-state index contributed by atoms with van der Waals surface area (Å²) in [4.78, 5) is 11.2. The van der Waals surface area contributed by atoms with Gasteiger partial charge in [-0.3, -0.25) is 9.97 Å². The molecule has 0 spiro atoms. The first-order valence-electron chi connectivity index (χ1n) is 11.5. The molecule has 0 aliphatic rings. The molecule has 176 valence electrons. The van der Waals surface area contributed by atoms with E-state index >= 15 is 0 Å². The molecule has 5 aromatic rings. The number of nitrogens with one attached hydrogen (secondary N) is 1. The van der Waals surface area contributed by atoms with Crippen LogP contribution in [0.1, 0.15) is 38.7 Å². The zero-order valence-corrected chi connectivity index (χ0v) is 20.5. The van der Waals surface area contributed by atoms with Crippen LogP contribution in [0.2, 0.25) is 0 Å². The van der Waals surface area contributed by atoms with Gasteiger partial charge in [0.1, 0.15) is 0 Å². The van der Waals surface area contributed by atoms with Gasteiger partial charge in [0.2, 0.25) is 0 Å². The Morgan fingerprint density at radius 3 is 2.29 bits per heavy atom. The van der Waals surface area contributed by atoms with E-state index in [2.05, 4.69) is 56.8 Å². The number of aromatic amines is 1. The van der Waals surface area contributed by atoms with E-state index in [0.717, 1.165) is 27.5 Å². The van der Waals surface area contributed by atoms with Gasteiger partial charge in [-0.1, -0.05) is 19.1 Å². The normalized spacial score (nSPS) is 12.6. The lowest BCUT2D eigenvalue weighted by molar-refractivity contribution is 0.580. The summed E-state index contributed by atoms with van der Waals surface area (Å²) >= 11 is 0. The fraction of sp³-hybridized carbons (Fsp3) is 0.259. The third-order valence-electron chi connectivity index (χ3n) is 6.14. The van der Waals surface area contributed by atoms with Crippen molar-refractivity contribution in [1.82, 2.24) is 19.5 Å². The third-order valence-corrected chi connectivity index (χ3v) is 8.38. The van der Waals surface area contributed by atoms with Crippen LogP contribution in [0.3, 0.4) is 0 Å². The molecular formula is C27H30N4O2S. The molecule has 0 aliphatic carbocycles. The molecule has 34 heavy (non-hydrogen) atoms. The SMILES string of the molecule is CC(C)S(=O)(=O)CC[C@H](C)c1ccc(-n2ccc3cnccc32)cc1.c1cc2[nH]ccc2cn1. The maximum absolute atomic E-state index is 12.0. The van der Waals surface area contributed by atoms with Gasteiger partial charge in [0, 0.05) is 59.2 Å². The summed E-state index contributed by atoms with van der Waals surface area (Å²) < 4.78 is 26.1. The first-order valence-corrected chi connectivity index (χ1v) is 13.2. The molecule has 0 bridgehead atoms. The molecule has 1 aromatic carbocycles. The zero-order chi connectivity index (χ0) is 24.1. The Hall–Kier alpha value is -3.45. The third kappa shape index (κ3) is 5.37. The number of hydrogen-bond acceptors (Lipinski definition) is 4. The lowest BCUT2D eigenvalue weighted by atomic mass is 9.98. The number of benzene rings is 1. The van der Waals surface area contributed by atoms with Crippen LogP contribution in [-0.4, -0.2) is 38.9 Å². The first-order chi connectivity index (χ1) is 16.3. The van der Waals surface area contributed by atoms with Crippen molar-refractivity contribution in [3.63, 3.8) is 0 Å². The summed E-state index contributed by atoms with van der Waals surface area (Å²) in [7, 11) is -2.98. The van der Waals surface area contributed by atoms with E-state index in [1.54, 1.807) is 26.2 Å². The second-order valence-corrected chi connectivity index (χ2v) is 11.4. The number of nitrogens with zero attached hydrogens (tertiary/aromatic N) is 3. The molecule has 0 saturated heterocycles. The summed E-state index contributed by atoms with van der Waals surface area (Å²) in [5, 5.41) is 1.97. The highest BCUT2D eigenvalue weighted by Gasteiger charge is 2.18. The summed E-state index contributed by atoms with van der Waals surface area (Å²) in [6.45, 7) is 5.57. The molecule has 4 aromatic heterocycles. The molecule has 5 rings (SSSR count). The molecular weight excluding hydrogens is 444 g/mol. The fourth-order valence-electron chi connectivity index (χ4n) is 3.81. The van der Waals surface area contributed by atoms with E-state index in [9.17, 15) is 8.42 Å². The van der Waals surface area contributed by atoms with Crippen LogP contribution in [0.15, 0.2) is 85.7 Å². The molecule has 4 heterocycles. The van der Waals surface area contributed by atoms with Crippen molar-refractivity contribution in [2.45, 2.75) is 38.4 Å². The number of hydrogen-bond donors (Lipinski definition) is 1. The predicted octanol–water partition coefficient (Wildman–Crippen LogP) is 5.91. The number of H-pyrrole nitrogens is 1. The second kappa shape index (κ2) is 10.2. The van der Waals surface area contributed by atoms with Crippen LogP contribution in [0, 0.1) is 0 Å². The molecule has 7 heteroatoms. The highest BCUT2D eigenvalue weighted by atomic mass is 32.2. The van der Waals surface area contributed by atoms with Gasteiger partial charge in [-0.2, -0.15) is 0 Å². The lowest BCUT2D eigenvalue weighted by Gasteiger charge is -2.14. The maximum Gasteiger partial charge on any atom is 0.152 e. The standard InChI is InChI=1S/C20H24N2O2S.C7H6N2/c1-15(2)25(23,24)13-10-16(3)17-4-6-19(7-5-17)22-12-9-18-14-21-11-8-20(18)22;1-4-9-7-2-3-8-5-6(1)7/h4-9,11-12,14-16H,10,13H2,1-3H3;1-5,9H/t16-;/m0./s1. The van der Waals surface area contributed by atoms with E-state index in [1.165, 1.54) is 5.56 Å². The molecule has 0 saturated carbocycles. The van der Waals surface area contributed by atoms with Gasteiger partial charge in [-0.25, -0.2) is 8.42 Å². The Labute approximate surface area is 200 Å². The quantitative estimate of drug-likeness (QED) is 0.332. The van der Waals surface area contributed by atoms with Crippen LogP contribution in [-0.2, 0) is 9.84 Å². The van der Waals surface area contributed by atoms with E-state index in [1.807, 2.05) is 43.0 Å². The van der Waals surface area contributed by atoms with Gasteiger partial charge in [0.15, 0.2) is 9.84 Å². The molecule has 1 atom stereocenters. The topological polar surface area (TPSA) is 80.6 Å². The van der Waals surface area contributed by atoms with Crippen molar-refractivity contribution >= 4 is 31.6 Å². The van der Waals surface area contributed by atoms with Crippen molar-refractivity contribution < 1.29 is 8.42 Å². The minimum Gasteiger partial charge on any atom is -0.361 e. The summed E-state index contributed by atoms with van der Waals surface area (Å²) in [6, 6.07) is 16.4. The number of aromatic nitrogens is 4. The number of pyridine rings is 2. The van der Waals surface area contributed by atoms with Crippen LogP contribution in [0.25, 0.3) is 27.5 Å². The highest BCUT2D eigenvalue weighted by Crippen LogP contribution is 2.24. The smallest absolute Gasteiger partial charge is 0.152 e. The lowest BCUT2D eigenvalue weighted by Crippen LogP contribution is -2.18. The Balaban J connectivity index is 0.000000252. The number of sulfone groups is 1. The molecule has 0 amide bonds. The molecule has 0 radical (unpaired) electrons. The van der Waals surface area contributed by atoms with Crippen LogP contribution in [0.4, 0.5) is 0 Å².